The molecule has 0 unspecified atom stereocenters. The van der Waals surface area contributed by atoms with Crippen LogP contribution in [0.2, 0.25) is 0 Å². The fraction of sp³-hybridized carbons (Fsp3) is 0.182. The first kappa shape index (κ1) is 18.1. The second-order valence-corrected chi connectivity index (χ2v) is 7.26. The molecule has 0 saturated heterocycles. The Bertz CT molecular complexity index is 882. The molecule has 0 fully saturated rings. The smallest absolute Gasteiger partial charge is 0.251 e. The standard InChI is InChI=1S/C22H21NO2S/c1-2-6-16-9-11-18(12-10-16)22(25)23-15-19-13-14-20(26-19)21(24)17-7-4-3-5-8-17/h3-5,7-14H,2,6,15H2,1H3,(H,23,25). The zero-order chi connectivity index (χ0) is 18.4. The highest BCUT2D eigenvalue weighted by atomic mass is 32.1. The lowest BCUT2D eigenvalue weighted by Crippen LogP contribution is -2.22. The number of aryl methyl sites for hydroxylation is 1. The van der Waals surface area contributed by atoms with Crippen molar-refractivity contribution >= 4 is 23.0 Å². The van der Waals surface area contributed by atoms with Crippen LogP contribution in [0.1, 0.15) is 49.4 Å². The van der Waals surface area contributed by atoms with E-state index in [1.165, 1.54) is 16.9 Å². The van der Waals surface area contributed by atoms with Crippen molar-refractivity contribution < 1.29 is 9.59 Å². The highest BCUT2D eigenvalue weighted by Gasteiger charge is 2.12. The second-order valence-electron chi connectivity index (χ2n) is 6.09. The topological polar surface area (TPSA) is 46.2 Å². The third kappa shape index (κ3) is 4.46. The maximum atomic E-state index is 12.4. The molecule has 3 aromatic rings. The van der Waals surface area contributed by atoms with E-state index in [0.29, 0.717) is 22.5 Å². The van der Waals surface area contributed by atoms with Crippen LogP contribution in [0, 0.1) is 0 Å². The van der Waals surface area contributed by atoms with Gasteiger partial charge in [-0.05, 0) is 36.2 Å². The Balaban J connectivity index is 1.59. The first-order valence-electron chi connectivity index (χ1n) is 8.73. The molecule has 0 bridgehead atoms. The SMILES string of the molecule is CCCc1ccc(C(=O)NCc2ccc(C(=O)c3ccccc3)s2)cc1. The van der Waals surface area contributed by atoms with E-state index in [4.69, 9.17) is 0 Å². The number of rotatable bonds is 7. The number of nitrogens with one attached hydrogen (secondary N) is 1. The summed E-state index contributed by atoms with van der Waals surface area (Å²) in [5, 5.41) is 2.92. The molecular formula is C22H21NO2S. The van der Waals surface area contributed by atoms with Crippen LogP contribution < -0.4 is 5.32 Å². The Morgan fingerprint density at radius 1 is 0.885 bits per heavy atom. The van der Waals surface area contributed by atoms with Gasteiger partial charge in [-0.2, -0.15) is 0 Å². The van der Waals surface area contributed by atoms with Gasteiger partial charge in [-0.1, -0.05) is 55.8 Å². The zero-order valence-corrected chi connectivity index (χ0v) is 15.5. The molecule has 4 heteroatoms. The number of hydrogen-bond donors (Lipinski definition) is 1. The van der Waals surface area contributed by atoms with Crippen molar-refractivity contribution in [2.45, 2.75) is 26.3 Å². The minimum atomic E-state index is -0.0996. The van der Waals surface area contributed by atoms with E-state index in [1.54, 1.807) is 0 Å². The first-order valence-corrected chi connectivity index (χ1v) is 9.54. The van der Waals surface area contributed by atoms with Crippen LogP contribution >= 0.6 is 11.3 Å². The molecule has 3 rings (SSSR count). The lowest BCUT2D eigenvalue weighted by Gasteiger charge is -2.05. The Kier molecular flexibility index (Phi) is 5.97. The van der Waals surface area contributed by atoms with Crippen molar-refractivity contribution in [2.24, 2.45) is 0 Å². The van der Waals surface area contributed by atoms with E-state index in [0.717, 1.165) is 17.7 Å². The summed E-state index contributed by atoms with van der Waals surface area (Å²) in [6, 6.07) is 20.7. The molecule has 0 aliphatic rings. The van der Waals surface area contributed by atoms with Crippen LogP contribution in [0.3, 0.4) is 0 Å². The molecule has 1 heterocycles. The largest absolute Gasteiger partial charge is 0.347 e. The minimum Gasteiger partial charge on any atom is -0.347 e. The van der Waals surface area contributed by atoms with Gasteiger partial charge in [0.1, 0.15) is 0 Å². The van der Waals surface area contributed by atoms with Gasteiger partial charge in [0, 0.05) is 16.0 Å². The summed E-state index contributed by atoms with van der Waals surface area (Å²) >= 11 is 1.42. The van der Waals surface area contributed by atoms with E-state index in [9.17, 15) is 9.59 Å². The van der Waals surface area contributed by atoms with E-state index in [1.807, 2.05) is 66.7 Å². The van der Waals surface area contributed by atoms with Gasteiger partial charge < -0.3 is 5.32 Å². The molecule has 1 aromatic heterocycles. The monoisotopic (exact) mass is 363 g/mol. The summed E-state index contributed by atoms with van der Waals surface area (Å²) in [6.45, 7) is 2.56. The van der Waals surface area contributed by atoms with Crippen molar-refractivity contribution in [3.63, 3.8) is 0 Å². The number of amides is 1. The lowest BCUT2D eigenvalue weighted by atomic mass is 10.1. The molecule has 132 valence electrons. The van der Waals surface area contributed by atoms with Crippen molar-refractivity contribution in [1.82, 2.24) is 5.32 Å². The third-order valence-corrected chi connectivity index (χ3v) is 5.18. The number of thiophene rings is 1. The predicted octanol–water partition coefficient (Wildman–Crippen LogP) is 4.86. The fourth-order valence-corrected chi connectivity index (χ4v) is 3.62. The van der Waals surface area contributed by atoms with Crippen LogP contribution in [0.25, 0.3) is 0 Å². The lowest BCUT2D eigenvalue weighted by molar-refractivity contribution is 0.0950. The molecule has 1 amide bonds. The predicted molar refractivity (Wildman–Crippen MR) is 106 cm³/mol. The van der Waals surface area contributed by atoms with E-state index in [2.05, 4.69) is 12.2 Å². The molecule has 0 radical (unpaired) electrons. The quantitative estimate of drug-likeness (QED) is 0.609. The summed E-state index contributed by atoms with van der Waals surface area (Å²) in [4.78, 5) is 26.3. The normalized spacial score (nSPS) is 10.5. The first-order chi connectivity index (χ1) is 12.7. The molecule has 0 aliphatic carbocycles. The van der Waals surface area contributed by atoms with Crippen molar-refractivity contribution in [3.05, 3.63) is 93.2 Å². The molecular weight excluding hydrogens is 342 g/mol. The number of hydrogen-bond acceptors (Lipinski definition) is 3. The van der Waals surface area contributed by atoms with Gasteiger partial charge in [-0.25, -0.2) is 0 Å². The summed E-state index contributed by atoms with van der Waals surface area (Å²) < 4.78 is 0. The summed E-state index contributed by atoms with van der Waals surface area (Å²) in [5.74, 6) is -0.0860. The van der Waals surface area contributed by atoms with Gasteiger partial charge in [-0.3, -0.25) is 9.59 Å². The van der Waals surface area contributed by atoms with Crippen LogP contribution in [0.5, 0.6) is 0 Å². The van der Waals surface area contributed by atoms with E-state index in [-0.39, 0.29) is 11.7 Å². The fourth-order valence-electron chi connectivity index (χ4n) is 2.71. The maximum Gasteiger partial charge on any atom is 0.251 e. The number of carbonyl (C=O) groups excluding carboxylic acids is 2. The van der Waals surface area contributed by atoms with E-state index >= 15 is 0 Å². The van der Waals surface area contributed by atoms with Crippen molar-refractivity contribution in [1.29, 1.82) is 0 Å². The molecule has 0 spiro atoms. The van der Waals surface area contributed by atoms with Gasteiger partial charge in [0.05, 0.1) is 11.4 Å². The van der Waals surface area contributed by atoms with Crippen LogP contribution in [0.4, 0.5) is 0 Å². The zero-order valence-electron chi connectivity index (χ0n) is 14.7. The molecule has 1 N–H and O–H groups in total. The van der Waals surface area contributed by atoms with Crippen LogP contribution in [-0.2, 0) is 13.0 Å². The molecule has 26 heavy (non-hydrogen) atoms. The van der Waals surface area contributed by atoms with Gasteiger partial charge in [0.15, 0.2) is 0 Å². The molecule has 0 atom stereocenters. The number of carbonyl (C=O) groups is 2. The third-order valence-electron chi connectivity index (χ3n) is 4.10. The highest BCUT2D eigenvalue weighted by molar-refractivity contribution is 7.14. The van der Waals surface area contributed by atoms with Crippen LogP contribution in [-0.4, -0.2) is 11.7 Å². The molecule has 2 aromatic carbocycles. The second kappa shape index (κ2) is 8.59. The summed E-state index contributed by atoms with van der Waals surface area (Å²) in [7, 11) is 0. The highest BCUT2D eigenvalue weighted by Crippen LogP contribution is 2.20. The Morgan fingerprint density at radius 2 is 1.62 bits per heavy atom. The minimum absolute atomic E-state index is 0.0136. The Labute approximate surface area is 157 Å². The Hall–Kier alpha value is -2.72. The van der Waals surface area contributed by atoms with Gasteiger partial charge >= 0.3 is 0 Å². The van der Waals surface area contributed by atoms with Gasteiger partial charge in [-0.15, -0.1) is 11.3 Å². The average Bonchev–Trinajstić information content (AvgIpc) is 3.16. The summed E-state index contributed by atoms with van der Waals surface area (Å²) in [6.07, 6.45) is 2.11. The van der Waals surface area contributed by atoms with Crippen molar-refractivity contribution in [2.75, 3.05) is 0 Å². The van der Waals surface area contributed by atoms with Gasteiger partial charge in [0.25, 0.3) is 5.91 Å². The maximum absolute atomic E-state index is 12.4. The summed E-state index contributed by atoms with van der Waals surface area (Å²) in [5.41, 5.74) is 2.57. The van der Waals surface area contributed by atoms with E-state index < -0.39 is 0 Å². The Morgan fingerprint density at radius 3 is 2.31 bits per heavy atom. The van der Waals surface area contributed by atoms with Crippen LogP contribution in [0.15, 0.2) is 66.7 Å². The molecule has 3 nitrogen and oxygen atoms in total. The molecule has 0 aliphatic heterocycles. The van der Waals surface area contributed by atoms with Gasteiger partial charge in [0.2, 0.25) is 5.78 Å². The average molecular weight is 363 g/mol. The molecule has 0 saturated carbocycles. The number of ketones is 1. The number of benzene rings is 2. The van der Waals surface area contributed by atoms with Crippen molar-refractivity contribution in [3.8, 4) is 0 Å².